The Morgan fingerprint density at radius 2 is 1.88 bits per heavy atom. The Hall–Kier alpha value is -2.11. The number of hydrogen-bond donors (Lipinski definition) is 2. The third kappa shape index (κ3) is 5.83. The number of halogens is 2. The van der Waals surface area contributed by atoms with Gasteiger partial charge in [0.05, 0.1) is 5.92 Å². The summed E-state index contributed by atoms with van der Waals surface area (Å²) in [6.07, 6.45) is 0. The summed E-state index contributed by atoms with van der Waals surface area (Å²) in [7, 11) is 0. The molecule has 24 heavy (non-hydrogen) atoms. The van der Waals surface area contributed by atoms with Gasteiger partial charge in [0.15, 0.2) is 0 Å². The maximum absolute atomic E-state index is 12.9. The molecule has 0 heterocycles. The summed E-state index contributed by atoms with van der Waals surface area (Å²) in [6.45, 7) is 3.91. The van der Waals surface area contributed by atoms with Gasteiger partial charge in [-0.3, -0.25) is 4.79 Å². The van der Waals surface area contributed by atoms with E-state index < -0.39 is 0 Å². The Bertz CT molecular complexity index is 662. The van der Waals surface area contributed by atoms with Crippen molar-refractivity contribution in [2.24, 2.45) is 11.7 Å². The lowest BCUT2D eigenvalue weighted by Gasteiger charge is -2.16. The molecule has 1 amide bonds. The Morgan fingerprint density at radius 1 is 1.21 bits per heavy atom. The minimum absolute atomic E-state index is 0. The van der Waals surface area contributed by atoms with Crippen LogP contribution in [-0.2, 0) is 11.4 Å². The second-order valence-electron chi connectivity index (χ2n) is 5.58. The van der Waals surface area contributed by atoms with Crippen LogP contribution in [0.25, 0.3) is 0 Å². The van der Waals surface area contributed by atoms with Gasteiger partial charge in [0.2, 0.25) is 5.91 Å². The molecule has 4 nitrogen and oxygen atoms in total. The zero-order valence-electron chi connectivity index (χ0n) is 13.7. The van der Waals surface area contributed by atoms with E-state index in [1.807, 2.05) is 0 Å². The van der Waals surface area contributed by atoms with Crippen LogP contribution in [0.15, 0.2) is 48.5 Å². The maximum Gasteiger partial charge on any atom is 0.228 e. The molecule has 130 valence electrons. The van der Waals surface area contributed by atoms with Gasteiger partial charge in [-0.15, -0.1) is 12.4 Å². The number of carbonyl (C=O) groups is 1. The fourth-order valence-electron chi connectivity index (χ4n) is 1.91. The first kappa shape index (κ1) is 19.9. The molecule has 0 aromatic heterocycles. The molecule has 0 aliphatic heterocycles. The van der Waals surface area contributed by atoms with Crippen molar-refractivity contribution in [2.75, 3.05) is 5.32 Å². The van der Waals surface area contributed by atoms with Gasteiger partial charge in [-0.25, -0.2) is 4.39 Å². The molecule has 0 bridgehead atoms. The molecule has 0 aliphatic rings. The summed E-state index contributed by atoms with van der Waals surface area (Å²) in [5.74, 6) is -0.0586. The zero-order chi connectivity index (χ0) is 16.8. The van der Waals surface area contributed by atoms with E-state index in [9.17, 15) is 9.18 Å². The van der Waals surface area contributed by atoms with Gasteiger partial charge in [0.25, 0.3) is 0 Å². The minimum Gasteiger partial charge on any atom is -0.489 e. The lowest BCUT2D eigenvalue weighted by atomic mass is 10.0. The molecule has 0 radical (unpaired) electrons. The van der Waals surface area contributed by atoms with Crippen molar-refractivity contribution in [3.63, 3.8) is 0 Å². The quantitative estimate of drug-likeness (QED) is 0.832. The summed E-state index contributed by atoms with van der Waals surface area (Å²) < 4.78 is 18.5. The summed E-state index contributed by atoms with van der Waals surface area (Å²) in [5.41, 5.74) is 7.25. The van der Waals surface area contributed by atoms with Crippen LogP contribution in [0.1, 0.15) is 19.4 Å². The average Bonchev–Trinajstić information content (AvgIpc) is 2.54. The predicted molar refractivity (Wildman–Crippen MR) is 95.9 cm³/mol. The van der Waals surface area contributed by atoms with Crippen LogP contribution < -0.4 is 15.8 Å². The van der Waals surface area contributed by atoms with E-state index in [-0.39, 0.29) is 36.1 Å². The van der Waals surface area contributed by atoms with Crippen LogP contribution in [0, 0.1) is 11.7 Å². The van der Waals surface area contributed by atoms with Crippen LogP contribution in [0.4, 0.5) is 10.1 Å². The highest BCUT2D eigenvalue weighted by Gasteiger charge is 2.17. The third-order valence-corrected chi connectivity index (χ3v) is 3.62. The zero-order valence-corrected chi connectivity index (χ0v) is 14.5. The SMILES string of the molecule is CC(N)C(C)C(=O)Nc1cccc(OCc2ccc(F)cc2)c1.Cl. The number of benzene rings is 2. The van der Waals surface area contributed by atoms with Crippen LogP contribution in [0.3, 0.4) is 0 Å². The molecule has 2 aromatic rings. The number of nitrogens with one attached hydrogen (secondary N) is 1. The number of rotatable bonds is 6. The molecule has 2 unspecified atom stereocenters. The van der Waals surface area contributed by atoms with E-state index in [1.54, 1.807) is 50.2 Å². The van der Waals surface area contributed by atoms with E-state index in [0.717, 1.165) is 5.56 Å². The highest BCUT2D eigenvalue weighted by molar-refractivity contribution is 5.92. The lowest BCUT2D eigenvalue weighted by molar-refractivity contribution is -0.119. The summed E-state index contributed by atoms with van der Waals surface area (Å²) >= 11 is 0. The first-order valence-corrected chi connectivity index (χ1v) is 7.49. The summed E-state index contributed by atoms with van der Waals surface area (Å²) in [4.78, 5) is 12.0. The van der Waals surface area contributed by atoms with Crippen molar-refractivity contribution in [3.05, 3.63) is 59.9 Å². The Labute approximate surface area is 147 Å². The van der Waals surface area contributed by atoms with E-state index in [2.05, 4.69) is 5.32 Å². The van der Waals surface area contributed by atoms with Crippen molar-refractivity contribution in [1.82, 2.24) is 0 Å². The van der Waals surface area contributed by atoms with E-state index in [0.29, 0.717) is 18.0 Å². The number of anilines is 1. The molecule has 2 aromatic carbocycles. The first-order chi connectivity index (χ1) is 11.0. The Morgan fingerprint density at radius 3 is 2.50 bits per heavy atom. The average molecular weight is 353 g/mol. The molecule has 2 rings (SSSR count). The van der Waals surface area contributed by atoms with Gasteiger partial charge in [-0.05, 0) is 36.8 Å². The van der Waals surface area contributed by atoms with Crippen molar-refractivity contribution < 1.29 is 13.9 Å². The molecule has 0 saturated heterocycles. The van der Waals surface area contributed by atoms with Crippen molar-refractivity contribution in [2.45, 2.75) is 26.5 Å². The smallest absolute Gasteiger partial charge is 0.228 e. The van der Waals surface area contributed by atoms with Crippen LogP contribution in [0.2, 0.25) is 0 Å². The number of amides is 1. The minimum atomic E-state index is -0.279. The molecule has 2 atom stereocenters. The summed E-state index contributed by atoms with van der Waals surface area (Å²) in [5, 5.41) is 2.82. The third-order valence-electron chi connectivity index (χ3n) is 3.62. The maximum atomic E-state index is 12.9. The number of hydrogen-bond acceptors (Lipinski definition) is 3. The van der Waals surface area contributed by atoms with Gasteiger partial charge in [-0.1, -0.05) is 25.1 Å². The second-order valence-corrected chi connectivity index (χ2v) is 5.58. The first-order valence-electron chi connectivity index (χ1n) is 7.49. The van der Waals surface area contributed by atoms with Crippen LogP contribution in [0.5, 0.6) is 5.75 Å². The monoisotopic (exact) mass is 352 g/mol. The molecule has 6 heteroatoms. The number of ether oxygens (including phenoxy) is 1. The van der Waals surface area contributed by atoms with Crippen molar-refractivity contribution >= 4 is 24.0 Å². The fraction of sp³-hybridized carbons (Fsp3) is 0.278. The van der Waals surface area contributed by atoms with E-state index >= 15 is 0 Å². The van der Waals surface area contributed by atoms with Gasteiger partial charge in [0, 0.05) is 17.8 Å². The molecule has 0 fully saturated rings. The van der Waals surface area contributed by atoms with E-state index in [1.165, 1.54) is 12.1 Å². The second kappa shape index (κ2) is 9.25. The topological polar surface area (TPSA) is 64.4 Å². The highest BCUT2D eigenvalue weighted by atomic mass is 35.5. The molecular weight excluding hydrogens is 331 g/mol. The van der Waals surface area contributed by atoms with Gasteiger partial charge in [-0.2, -0.15) is 0 Å². The lowest BCUT2D eigenvalue weighted by Crippen LogP contribution is -2.34. The predicted octanol–water partition coefficient (Wildman–Crippen LogP) is 3.75. The van der Waals surface area contributed by atoms with E-state index in [4.69, 9.17) is 10.5 Å². The molecule has 0 saturated carbocycles. The molecule has 0 aliphatic carbocycles. The largest absolute Gasteiger partial charge is 0.489 e. The molecule has 0 spiro atoms. The molecular formula is C18H22ClFN2O2. The van der Waals surface area contributed by atoms with Gasteiger partial charge in [0.1, 0.15) is 18.2 Å². The van der Waals surface area contributed by atoms with Crippen LogP contribution in [-0.4, -0.2) is 11.9 Å². The highest BCUT2D eigenvalue weighted by Crippen LogP contribution is 2.19. The van der Waals surface area contributed by atoms with Gasteiger partial charge < -0.3 is 15.8 Å². The Balaban J connectivity index is 0.00000288. The number of carbonyl (C=O) groups excluding carboxylic acids is 1. The normalized spacial score (nSPS) is 12.7. The molecule has 3 N–H and O–H groups in total. The van der Waals surface area contributed by atoms with Gasteiger partial charge >= 0.3 is 0 Å². The van der Waals surface area contributed by atoms with Crippen molar-refractivity contribution in [1.29, 1.82) is 0 Å². The fourth-order valence-corrected chi connectivity index (χ4v) is 1.91. The summed E-state index contributed by atoms with van der Waals surface area (Å²) in [6, 6.07) is 13.0. The van der Waals surface area contributed by atoms with Crippen LogP contribution >= 0.6 is 12.4 Å². The Kier molecular flexibility index (Phi) is 7.68. The van der Waals surface area contributed by atoms with Crippen molar-refractivity contribution in [3.8, 4) is 5.75 Å². The number of nitrogens with two attached hydrogens (primary N) is 1. The standard InChI is InChI=1S/C18H21FN2O2.ClH/c1-12(13(2)20)18(22)21-16-4-3-5-17(10-16)23-11-14-6-8-15(19)9-7-14;/h3-10,12-13H,11,20H2,1-2H3,(H,21,22);1H.